The number of hydrogen-bond acceptors (Lipinski definition) is 4. The molecule has 1 fully saturated rings. The molecule has 0 aliphatic carbocycles. The SMILES string of the molecule is CC1(CNC(=O)c2ccncc2N)CCCO1. The van der Waals surface area contributed by atoms with Gasteiger partial charge in [-0.2, -0.15) is 0 Å². The minimum atomic E-state index is -0.239. The zero-order chi connectivity index (χ0) is 12.3. The van der Waals surface area contributed by atoms with E-state index in [0.29, 0.717) is 17.8 Å². The molecule has 0 saturated carbocycles. The van der Waals surface area contributed by atoms with E-state index in [9.17, 15) is 4.79 Å². The van der Waals surface area contributed by atoms with Crippen LogP contribution in [0, 0.1) is 0 Å². The quantitative estimate of drug-likeness (QED) is 0.818. The Balaban J connectivity index is 1.96. The molecule has 0 bridgehead atoms. The Labute approximate surface area is 100 Å². The number of carbonyl (C=O) groups excluding carboxylic acids is 1. The standard InChI is InChI=1S/C12H17N3O2/c1-12(4-2-6-17-12)8-15-11(16)9-3-5-14-7-10(9)13/h3,5,7H,2,4,6,8,13H2,1H3,(H,15,16). The third-order valence-electron chi connectivity index (χ3n) is 3.02. The second-order valence-electron chi connectivity index (χ2n) is 4.55. The Kier molecular flexibility index (Phi) is 3.28. The lowest BCUT2D eigenvalue weighted by Gasteiger charge is -2.23. The monoisotopic (exact) mass is 235 g/mol. The lowest BCUT2D eigenvalue weighted by atomic mass is 10.0. The maximum Gasteiger partial charge on any atom is 0.253 e. The summed E-state index contributed by atoms with van der Waals surface area (Å²) in [4.78, 5) is 15.7. The Hall–Kier alpha value is -1.62. The summed E-state index contributed by atoms with van der Waals surface area (Å²) >= 11 is 0. The van der Waals surface area contributed by atoms with Gasteiger partial charge in [0, 0.05) is 19.3 Å². The number of pyridine rings is 1. The van der Waals surface area contributed by atoms with E-state index >= 15 is 0 Å². The minimum absolute atomic E-state index is 0.179. The number of nitrogens with zero attached hydrogens (tertiary/aromatic N) is 1. The molecule has 17 heavy (non-hydrogen) atoms. The Morgan fingerprint density at radius 3 is 3.18 bits per heavy atom. The molecule has 1 aromatic heterocycles. The van der Waals surface area contributed by atoms with Gasteiger partial charge in [-0.05, 0) is 25.8 Å². The van der Waals surface area contributed by atoms with Crippen molar-refractivity contribution in [2.75, 3.05) is 18.9 Å². The molecule has 1 amide bonds. The number of aromatic nitrogens is 1. The zero-order valence-corrected chi connectivity index (χ0v) is 9.90. The smallest absolute Gasteiger partial charge is 0.253 e. The van der Waals surface area contributed by atoms with Crippen molar-refractivity contribution in [3.8, 4) is 0 Å². The lowest BCUT2D eigenvalue weighted by Crippen LogP contribution is -2.40. The highest BCUT2D eigenvalue weighted by Crippen LogP contribution is 2.24. The van der Waals surface area contributed by atoms with Crippen LogP contribution in [0.1, 0.15) is 30.1 Å². The molecule has 0 aromatic carbocycles. The summed E-state index contributed by atoms with van der Waals surface area (Å²) in [5.74, 6) is -0.179. The molecule has 2 heterocycles. The number of ether oxygens (including phenoxy) is 1. The van der Waals surface area contributed by atoms with Gasteiger partial charge < -0.3 is 15.8 Å². The predicted molar refractivity (Wildman–Crippen MR) is 64.6 cm³/mol. The topological polar surface area (TPSA) is 77.2 Å². The van der Waals surface area contributed by atoms with Crippen LogP contribution in [0.4, 0.5) is 5.69 Å². The normalized spacial score (nSPS) is 23.6. The van der Waals surface area contributed by atoms with Crippen molar-refractivity contribution in [2.45, 2.75) is 25.4 Å². The van der Waals surface area contributed by atoms with E-state index in [-0.39, 0.29) is 11.5 Å². The molecule has 1 aliphatic heterocycles. The molecule has 3 N–H and O–H groups in total. The van der Waals surface area contributed by atoms with Crippen LogP contribution in [0.15, 0.2) is 18.5 Å². The van der Waals surface area contributed by atoms with Gasteiger partial charge in [0.2, 0.25) is 0 Å². The first-order valence-electron chi connectivity index (χ1n) is 5.72. The fourth-order valence-electron chi connectivity index (χ4n) is 1.95. The summed E-state index contributed by atoms with van der Waals surface area (Å²) in [6.07, 6.45) is 5.05. The third-order valence-corrected chi connectivity index (χ3v) is 3.02. The molecule has 1 unspecified atom stereocenters. The van der Waals surface area contributed by atoms with Crippen LogP contribution in [-0.4, -0.2) is 29.6 Å². The first-order chi connectivity index (χ1) is 8.11. The highest BCUT2D eigenvalue weighted by molar-refractivity contribution is 5.98. The molecule has 1 aromatic rings. The lowest BCUT2D eigenvalue weighted by molar-refractivity contribution is 0.0206. The van der Waals surface area contributed by atoms with Gasteiger partial charge >= 0.3 is 0 Å². The van der Waals surface area contributed by atoms with Crippen molar-refractivity contribution >= 4 is 11.6 Å². The molecule has 0 spiro atoms. The number of hydrogen-bond donors (Lipinski definition) is 2. The van der Waals surface area contributed by atoms with Crippen LogP contribution < -0.4 is 11.1 Å². The molecule has 1 saturated heterocycles. The molecule has 2 rings (SSSR count). The van der Waals surface area contributed by atoms with Gasteiger partial charge in [0.1, 0.15) is 0 Å². The van der Waals surface area contributed by atoms with E-state index in [1.807, 2.05) is 6.92 Å². The van der Waals surface area contributed by atoms with Crippen LogP contribution in [0.25, 0.3) is 0 Å². The van der Waals surface area contributed by atoms with Crippen LogP contribution in [0.2, 0.25) is 0 Å². The van der Waals surface area contributed by atoms with Gasteiger partial charge in [-0.25, -0.2) is 0 Å². The number of amides is 1. The number of nitrogen functional groups attached to an aromatic ring is 1. The molecular formula is C12H17N3O2. The van der Waals surface area contributed by atoms with Crippen LogP contribution >= 0.6 is 0 Å². The van der Waals surface area contributed by atoms with E-state index < -0.39 is 0 Å². The maximum atomic E-state index is 11.9. The Morgan fingerprint density at radius 1 is 1.71 bits per heavy atom. The van der Waals surface area contributed by atoms with Gasteiger partial charge in [0.05, 0.1) is 23.0 Å². The third kappa shape index (κ3) is 2.74. The zero-order valence-electron chi connectivity index (χ0n) is 9.90. The van der Waals surface area contributed by atoms with Crippen molar-refractivity contribution in [2.24, 2.45) is 0 Å². The van der Waals surface area contributed by atoms with Crippen molar-refractivity contribution in [1.29, 1.82) is 0 Å². The van der Waals surface area contributed by atoms with Crippen LogP contribution in [-0.2, 0) is 4.74 Å². The van der Waals surface area contributed by atoms with Gasteiger partial charge in [0.15, 0.2) is 0 Å². The van der Waals surface area contributed by atoms with Gasteiger partial charge in [0.25, 0.3) is 5.91 Å². The molecule has 1 aliphatic rings. The largest absolute Gasteiger partial charge is 0.397 e. The van der Waals surface area contributed by atoms with E-state index in [4.69, 9.17) is 10.5 Å². The van der Waals surface area contributed by atoms with Crippen molar-refractivity contribution in [3.63, 3.8) is 0 Å². The maximum absolute atomic E-state index is 11.9. The first-order valence-corrected chi connectivity index (χ1v) is 5.72. The van der Waals surface area contributed by atoms with Gasteiger partial charge in [-0.1, -0.05) is 0 Å². The molecule has 5 heteroatoms. The van der Waals surface area contributed by atoms with E-state index in [1.165, 1.54) is 6.20 Å². The molecule has 1 atom stereocenters. The van der Waals surface area contributed by atoms with Gasteiger partial charge in [-0.15, -0.1) is 0 Å². The summed E-state index contributed by atoms with van der Waals surface area (Å²) in [6.45, 7) is 3.29. The number of anilines is 1. The van der Waals surface area contributed by atoms with Crippen molar-refractivity contribution in [3.05, 3.63) is 24.0 Å². The molecule has 0 radical (unpaired) electrons. The van der Waals surface area contributed by atoms with Crippen molar-refractivity contribution < 1.29 is 9.53 Å². The number of nitrogens with two attached hydrogens (primary N) is 1. The second-order valence-corrected chi connectivity index (χ2v) is 4.55. The number of carbonyl (C=O) groups is 1. The average Bonchev–Trinajstić information content (AvgIpc) is 2.74. The summed E-state index contributed by atoms with van der Waals surface area (Å²) in [6, 6.07) is 1.61. The second kappa shape index (κ2) is 4.71. The van der Waals surface area contributed by atoms with E-state index in [1.54, 1.807) is 12.3 Å². The fraction of sp³-hybridized carbons (Fsp3) is 0.500. The molecule has 92 valence electrons. The summed E-state index contributed by atoms with van der Waals surface area (Å²) in [5.41, 5.74) is 6.30. The van der Waals surface area contributed by atoms with Crippen LogP contribution in [0.5, 0.6) is 0 Å². The first kappa shape index (κ1) is 11.9. The van der Waals surface area contributed by atoms with Crippen molar-refractivity contribution in [1.82, 2.24) is 10.3 Å². The minimum Gasteiger partial charge on any atom is -0.397 e. The Morgan fingerprint density at radius 2 is 2.53 bits per heavy atom. The summed E-state index contributed by atoms with van der Waals surface area (Å²) in [5, 5.41) is 2.85. The predicted octanol–water partition coefficient (Wildman–Crippen LogP) is 0.963. The number of rotatable bonds is 3. The summed E-state index contributed by atoms with van der Waals surface area (Å²) < 4.78 is 5.60. The van der Waals surface area contributed by atoms with Gasteiger partial charge in [-0.3, -0.25) is 9.78 Å². The van der Waals surface area contributed by atoms with Crippen LogP contribution in [0.3, 0.4) is 0 Å². The van der Waals surface area contributed by atoms with E-state index in [0.717, 1.165) is 19.4 Å². The highest BCUT2D eigenvalue weighted by Gasteiger charge is 2.30. The molecular weight excluding hydrogens is 218 g/mol. The fourth-order valence-corrected chi connectivity index (χ4v) is 1.95. The van der Waals surface area contributed by atoms with E-state index in [2.05, 4.69) is 10.3 Å². The molecule has 5 nitrogen and oxygen atoms in total. The Bertz CT molecular complexity index is 414. The number of nitrogens with one attached hydrogen (secondary N) is 1. The highest BCUT2D eigenvalue weighted by atomic mass is 16.5. The summed E-state index contributed by atoms with van der Waals surface area (Å²) in [7, 11) is 0. The average molecular weight is 235 g/mol.